The standard InChI is InChI=1S/C20H26F2N6O/c1-19(2,23)9-16(29)27-14-8-20(21,22)12-28(11-14)15-5-4-13(10-24-3)17-18(15)26-7-6-25-17/h4-7,10,14H,8-9,11-12,23H2,1-3H3,(H,27,29)/b24-10-. The number of benzene rings is 1. The van der Waals surface area contributed by atoms with Crippen LogP contribution >= 0.6 is 0 Å². The van der Waals surface area contributed by atoms with Gasteiger partial charge in [-0.15, -0.1) is 0 Å². The molecular weight excluding hydrogens is 378 g/mol. The number of nitrogens with zero attached hydrogens (tertiary/aromatic N) is 4. The lowest BCUT2D eigenvalue weighted by Gasteiger charge is -2.39. The van der Waals surface area contributed by atoms with Crippen molar-refractivity contribution in [2.24, 2.45) is 10.7 Å². The van der Waals surface area contributed by atoms with Crippen molar-refractivity contribution in [2.75, 3.05) is 25.0 Å². The summed E-state index contributed by atoms with van der Waals surface area (Å²) in [5, 5.41) is 2.71. The lowest BCUT2D eigenvalue weighted by atomic mass is 9.98. The smallest absolute Gasteiger partial charge is 0.267 e. The Hall–Kier alpha value is -2.68. The van der Waals surface area contributed by atoms with Gasteiger partial charge >= 0.3 is 0 Å². The van der Waals surface area contributed by atoms with Gasteiger partial charge in [0, 0.05) is 56.1 Å². The van der Waals surface area contributed by atoms with Gasteiger partial charge in [0.2, 0.25) is 5.91 Å². The highest BCUT2D eigenvalue weighted by Gasteiger charge is 2.41. The van der Waals surface area contributed by atoms with E-state index in [1.165, 1.54) is 6.20 Å². The Bertz CT molecular complexity index is 925. The minimum atomic E-state index is -2.95. The van der Waals surface area contributed by atoms with Gasteiger partial charge in [0.1, 0.15) is 5.52 Å². The minimum Gasteiger partial charge on any atom is -0.362 e. The van der Waals surface area contributed by atoms with Gasteiger partial charge in [0.15, 0.2) is 0 Å². The molecule has 1 amide bonds. The number of amides is 1. The molecule has 0 bridgehead atoms. The van der Waals surface area contributed by atoms with Gasteiger partial charge in [-0.2, -0.15) is 0 Å². The molecule has 156 valence electrons. The summed E-state index contributed by atoms with van der Waals surface area (Å²) in [5.74, 6) is -3.29. The number of nitrogens with one attached hydrogen (secondary N) is 1. The van der Waals surface area contributed by atoms with Gasteiger partial charge in [-0.05, 0) is 26.0 Å². The molecular formula is C20H26F2N6O. The van der Waals surface area contributed by atoms with Crippen LogP contribution in [0.25, 0.3) is 11.0 Å². The number of alkyl halides is 2. The fraction of sp³-hybridized carbons (Fsp3) is 0.500. The number of anilines is 1. The van der Waals surface area contributed by atoms with E-state index in [0.29, 0.717) is 16.7 Å². The molecule has 0 aliphatic carbocycles. The summed E-state index contributed by atoms with van der Waals surface area (Å²) in [7, 11) is 1.65. The molecule has 0 saturated carbocycles. The van der Waals surface area contributed by atoms with Crippen LogP contribution in [-0.2, 0) is 4.79 Å². The fourth-order valence-corrected chi connectivity index (χ4v) is 3.63. The predicted octanol–water partition coefficient (Wildman–Crippen LogP) is 2.14. The number of nitrogens with two attached hydrogens (primary N) is 1. The number of piperidine rings is 1. The number of halogens is 2. The molecule has 1 aromatic heterocycles. The quantitative estimate of drug-likeness (QED) is 0.745. The van der Waals surface area contributed by atoms with Crippen molar-refractivity contribution in [3.63, 3.8) is 0 Å². The van der Waals surface area contributed by atoms with E-state index >= 15 is 0 Å². The Morgan fingerprint density at radius 2 is 2.07 bits per heavy atom. The number of aromatic nitrogens is 2. The van der Waals surface area contributed by atoms with Crippen molar-refractivity contribution in [2.45, 2.75) is 44.2 Å². The van der Waals surface area contributed by atoms with E-state index in [2.05, 4.69) is 20.3 Å². The highest BCUT2D eigenvalue weighted by molar-refractivity contribution is 6.01. The molecule has 1 unspecified atom stereocenters. The molecule has 7 nitrogen and oxygen atoms in total. The normalized spacial score (nSPS) is 19.7. The molecule has 1 aliphatic rings. The summed E-state index contributed by atoms with van der Waals surface area (Å²) in [4.78, 5) is 26.5. The Balaban J connectivity index is 1.90. The summed E-state index contributed by atoms with van der Waals surface area (Å²) in [5.41, 5.74) is 7.60. The second-order valence-corrected chi connectivity index (χ2v) is 8.19. The molecule has 1 aliphatic heterocycles. The number of rotatable bonds is 5. The van der Waals surface area contributed by atoms with Crippen molar-refractivity contribution in [1.82, 2.24) is 15.3 Å². The molecule has 1 atom stereocenters. The first-order valence-electron chi connectivity index (χ1n) is 9.45. The number of aliphatic imine (C=N–C) groups is 1. The number of fused-ring (bicyclic) bond motifs is 1. The Labute approximate surface area is 168 Å². The molecule has 1 fully saturated rings. The van der Waals surface area contributed by atoms with Crippen LogP contribution < -0.4 is 16.0 Å². The zero-order chi connectivity index (χ0) is 21.2. The van der Waals surface area contributed by atoms with Crippen LogP contribution in [0.15, 0.2) is 29.5 Å². The van der Waals surface area contributed by atoms with E-state index in [9.17, 15) is 13.6 Å². The molecule has 3 rings (SSSR count). The minimum absolute atomic E-state index is 0.0640. The van der Waals surface area contributed by atoms with Crippen molar-refractivity contribution in [3.8, 4) is 0 Å². The van der Waals surface area contributed by atoms with Crippen LogP contribution in [0.3, 0.4) is 0 Å². The van der Waals surface area contributed by atoms with E-state index < -0.39 is 30.5 Å². The molecule has 29 heavy (non-hydrogen) atoms. The molecule has 3 N–H and O–H groups in total. The number of carbonyl (C=O) groups is 1. The van der Waals surface area contributed by atoms with Crippen LogP contribution in [0.2, 0.25) is 0 Å². The molecule has 1 aromatic carbocycles. The van der Waals surface area contributed by atoms with Gasteiger partial charge in [-0.1, -0.05) is 0 Å². The van der Waals surface area contributed by atoms with Gasteiger partial charge in [-0.3, -0.25) is 19.8 Å². The van der Waals surface area contributed by atoms with Crippen LogP contribution in [0.1, 0.15) is 32.3 Å². The summed E-state index contributed by atoms with van der Waals surface area (Å²) in [6.07, 6.45) is 4.40. The van der Waals surface area contributed by atoms with Gasteiger partial charge in [0.25, 0.3) is 5.92 Å². The fourth-order valence-electron chi connectivity index (χ4n) is 3.63. The SMILES string of the molecule is C/N=C\c1ccc(N2CC(NC(=O)CC(C)(C)N)CC(F)(F)C2)c2nccnc12. The maximum Gasteiger partial charge on any atom is 0.267 e. The van der Waals surface area contributed by atoms with Gasteiger partial charge in [0.05, 0.1) is 23.8 Å². The van der Waals surface area contributed by atoms with Crippen molar-refractivity contribution in [1.29, 1.82) is 0 Å². The summed E-state index contributed by atoms with van der Waals surface area (Å²) >= 11 is 0. The first kappa shape index (κ1) is 21.0. The van der Waals surface area contributed by atoms with Gasteiger partial charge in [-0.25, -0.2) is 8.78 Å². The second kappa shape index (κ2) is 7.98. The highest BCUT2D eigenvalue weighted by Crippen LogP contribution is 2.33. The van der Waals surface area contributed by atoms with E-state index in [-0.39, 0.29) is 18.9 Å². The zero-order valence-electron chi connectivity index (χ0n) is 16.8. The lowest BCUT2D eigenvalue weighted by molar-refractivity contribution is -0.123. The second-order valence-electron chi connectivity index (χ2n) is 8.19. The molecule has 0 radical (unpaired) electrons. The van der Waals surface area contributed by atoms with Crippen molar-refractivity contribution >= 4 is 28.8 Å². The van der Waals surface area contributed by atoms with Crippen LogP contribution in [0.5, 0.6) is 0 Å². The topological polar surface area (TPSA) is 96.5 Å². The number of carbonyl (C=O) groups excluding carboxylic acids is 1. The van der Waals surface area contributed by atoms with E-state index in [1.54, 1.807) is 50.3 Å². The first-order valence-corrected chi connectivity index (χ1v) is 9.45. The first-order chi connectivity index (χ1) is 13.6. The zero-order valence-corrected chi connectivity index (χ0v) is 16.8. The maximum absolute atomic E-state index is 14.5. The monoisotopic (exact) mass is 404 g/mol. The average Bonchev–Trinajstić information content (AvgIpc) is 2.59. The molecule has 2 aromatic rings. The third-order valence-corrected chi connectivity index (χ3v) is 4.63. The van der Waals surface area contributed by atoms with E-state index in [1.807, 2.05) is 0 Å². The Morgan fingerprint density at radius 3 is 2.72 bits per heavy atom. The van der Waals surface area contributed by atoms with Crippen molar-refractivity contribution in [3.05, 3.63) is 30.1 Å². The average molecular weight is 404 g/mol. The largest absolute Gasteiger partial charge is 0.362 e. The maximum atomic E-state index is 14.5. The third kappa shape index (κ3) is 5.23. The predicted molar refractivity (Wildman–Crippen MR) is 110 cm³/mol. The number of hydrogen-bond acceptors (Lipinski definition) is 6. The van der Waals surface area contributed by atoms with Crippen LogP contribution in [0.4, 0.5) is 14.5 Å². The van der Waals surface area contributed by atoms with E-state index in [0.717, 1.165) is 5.56 Å². The lowest BCUT2D eigenvalue weighted by Crippen LogP contribution is -2.56. The van der Waals surface area contributed by atoms with Crippen LogP contribution in [-0.4, -0.2) is 59.7 Å². The highest BCUT2D eigenvalue weighted by atomic mass is 19.3. The number of hydrogen-bond donors (Lipinski definition) is 2. The molecule has 0 spiro atoms. The molecule has 9 heteroatoms. The van der Waals surface area contributed by atoms with Crippen LogP contribution in [0, 0.1) is 0 Å². The summed E-state index contributed by atoms with van der Waals surface area (Å²) in [6.45, 7) is 3.24. The summed E-state index contributed by atoms with van der Waals surface area (Å²) < 4.78 is 29.0. The van der Waals surface area contributed by atoms with Crippen molar-refractivity contribution < 1.29 is 13.6 Å². The Morgan fingerprint density at radius 1 is 1.38 bits per heavy atom. The summed E-state index contributed by atoms with van der Waals surface area (Å²) in [6, 6.07) is 2.84. The third-order valence-electron chi connectivity index (χ3n) is 4.63. The van der Waals surface area contributed by atoms with E-state index in [4.69, 9.17) is 5.73 Å². The molecule has 1 saturated heterocycles. The Kier molecular flexibility index (Phi) is 5.79. The molecule has 2 heterocycles. The van der Waals surface area contributed by atoms with Gasteiger partial charge < -0.3 is 16.0 Å².